The van der Waals surface area contributed by atoms with Crippen molar-refractivity contribution in [3.05, 3.63) is 29.8 Å². The molecule has 4 nitrogen and oxygen atoms in total. The Kier molecular flexibility index (Phi) is 4.53. The summed E-state index contributed by atoms with van der Waals surface area (Å²) in [4.78, 5) is 0.266. The Bertz CT molecular complexity index is 486. The minimum absolute atomic E-state index is 0.0618. The lowest BCUT2D eigenvalue weighted by Gasteiger charge is -2.23. The van der Waals surface area contributed by atoms with Crippen molar-refractivity contribution < 1.29 is 13.5 Å². The highest BCUT2D eigenvalue weighted by atomic mass is 32.2. The molecule has 5 heteroatoms. The van der Waals surface area contributed by atoms with Crippen LogP contribution in [0.15, 0.2) is 29.2 Å². The first-order chi connectivity index (χ1) is 8.09. The van der Waals surface area contributed by atoms with E-state index in [1.54, 1.807) is 12.1 Å². The molecule has 0 saturated carbocycles. The molecule has 0 aliphatic heterocycles. The Morgan fingerprint density at radius 2 is 1.72 bits per heavy atom. The van der Waals surface area contributed by atoms with Gasteiger partial charge in [0.1, 0.15) is 0 Å². The van der Waals surface area contributed by atoms with E-state index >= 15 is 0 Å². The third-order valence-electron chi connectivity index (χ3n) is 2.52. The number of hydrogen-bond acceptors (Lipinski definition) is 4. The summed E-state index contributed by atoms with van der Waals surface area (Å²) in [6.45, 7) is 6.49. The van der Waals surface area contributed by atoms with Crippen molar-refractivity contribution in [3.63, 3.8) is 0 Å². The predicted molar refractivity (Wildman–Crippen MR) is 72.3 cm³/mol. The molecule has 0 aromatic heterocycles. The van der Waals surface area contributed by atoms with Crippen LogP contribution >= 0.6 is 0 Å². The number of benzene rings is 1. The number of aliphatic hydroxyl groups excluding tert-OH is 1. The smallest absolute Gasteiger partial charge is 0.175 e. The van der Waals surface area contributed by atoms with Gasteiger partial charge in [0.2, 0.25) is 0 Å². The van der Waals surface area contributed by atoms with E-state index in [1.165, 1.54) is 18.4 Å². The third-order valence-corrected chi connectivity index (χ3v) is 3.65. The molecule has 2 N–H and O–H groups in total. The number of rotatable bonds is 4. The lowest BCUT2D eigenvalue weighted by Crippen LogP contribution is -2.38. The molecule has 0 heterocycles. The molecule has 0 amide bonds. The molecule has 1 rings (SSSR count). The van der Waals surface area contributed by atoms with Crippen molar-refractivity contribution in [2.45, 2.75) is 37.3 Å². The normalized spacial score (nSPS) is 14.5. The summed E-state index contributed by atoms with van der Waals surface area (Å²) in [5.41, 5.74) is 0.646. The molecule has 0 spiro atoms. The quantitative estimate of drug-likeness (QED) is 0.871. The summed E-state index contributed by atoms with van der Waals surface area (Å²) in [6.07, 6.45) is 0.525. The van der Waals surface area contributed by atoms with Gasteiger partial charge in [-0.1, -0.05) is 12.1 Å². The fourth-order valence-electron chi connectivity index (χ4n) is 1.46. The van der Waals surface area contributed by atoms with Crippen LogP contribution in [0.25, 0.3) is 0 Å². The van der Waals surface area contributed by atoms with Gasteiger partial charge < -0.3 is 10.4 Å². The van der Waals surface area contributed by atoms with Gasteiger partial charge in [-0.15, -0.1) is 0 Å². The maximum absolute atomic E-state index is 11.3. The van der Waals surface area contributed by atoms with Gasteiger partial charge in [0.05, 0.1) is 11.0 Å². The van der Waals surface area contributed by atoms with E-state index in [1.807, 2.05) is 20.8 Å². The van der Waals surface area contributed by atoms with E-state index in [2.05, 4.69) is 5.32 Å². The van der Waals surface area contributed by atoms with Crippen LogP contribution in [0.2, 0.25) is 0 Å². The van der Waals surface area contributed by atoms with Crippen LogP contribution in [0.3, 0.4) is 0 Å². The number of sulfone groups is 1. The van der Waals surface area contributed by atoms with Gasteiger partial charge in [-0.3, -0.25) is 0 Å². The SMILES string of the molecule is CC(C)(C)NCC(O)c1ccc(S(C)(=O)=O)cc1. The highest BCUT2D eigenvalue weighted by molar-refractivity contribution is 7.90. The molecule has 0 fully saturated rings. The molecule has 1 aromatic rings. The Morgan fingerprint density at radius 3 is 2.11 bits per heavy atom. The summed E-state index contributed by atoms with van der Waals surface area (Å²) in [5, 5.41) is 13.2. The first-order valence-electron chi connectivity index (χ1n) is 5.83. The van der Waals surface area contributed by atoms with Crippen molar-refractivity contribution in [2.75, 3.05) is 12.8 Å². The largest absolute Gasteiger partial charge is 0.387 e. The van der Waals surface area contributed by atoms with Crippen LogP contribution in [-0.2, 0) is 9.84 Å². The van der Waals surface area contributed by atoms with Crippen molar-refractivity contribution in [2.24, 2.45) is 0 Å². The Labute approximate surface area is 109 Å². The summed E-state index contributed by atoms with van der Waals surface area (Å²) in [6, 6.07) is 6.33. The van der Waals surface area contributed by atoms with Crippen LogP contribution in [-0.4, -0.2) is 31.9 Å². The van der Waals surface area contributed by atoms with Crippen LogP contribution in [0.4, 0.5) is 0 Å². The average Bonchev–Trinajstić information content (AvgIpc) is 2.24. The summed E-state index contributed by atoms with van der Waals surface area (Å²) in [7, 11) is -3.18. The van der Waals surface area contributed by atoms with Crippen LogP contribution < -0.4 is 5.32 Å². The van der Waals surface area contributed by atoms with Crippen LogP contribution in [0.1, 0.15) is 32.4 Å². The molecule has 102 valence electrons. The van der Waals surface area contributed by atoms with Gasteiger partial charge in [0.25, 0.3) is 0 Å². The van der Waals surface area contributed by atoms with Crippen molar-refractivity contribution in [1.29, 1.82) is 0 Å². The van der Waals surface area contributed by atoms with Gasteiger partial charge in [0.15, 0.2) is 9.84 Å². The first-order valence-corrected chi connectivity index (χ1v) is 7.72. The van der Waals surface area contributed by atoms with Gasteiger partial charge >= 0.3 is 0 Å². The predicted octanol–water partition coefficient (Wildman–Crippen LogP) is 1.51. The van der Waals surface area contributed by atoms with Gasteiger partial charge in [-0.25, -0.2) is 8.42 Å². The van der Waals surface area contributed by atoms with Gasteiger partial charge in [-0.05, 0) is 38.5 Å². The second kappa shape index (κ2) is 5.38. The molecular formula is C13H21NO3S. The zero-order valence-electron chi connectivity index (χ0n) is 11.3. The minimum atomic E-state index is -3.18. The number of β-amino-alcohol motifs (C(OH)–C–C–N with tert-alkyl or cyclic N) is 1. The molecule has 1 aromatic carbocycles. The van der Waals surface area contributed by atoms with Gasteiger partial charge in [0, 0.05) is 18.3 Å². The molecule has 1 atom stereocenters. The van der Waals surface area contributed by atoms with Crippen molar-refractivity contribution in [1.82, 2.24) is 5.32 Å². The first kappa shape index (κ1) is 15.1. The van der Waals surface area contributed by atoms with Gasteiger partial charge in [-0.2, -0.15) is 0 Å². The van der Waals surface area contributed by atoms with E-state index in [-0.39, 0.29) is 10.4 Å². The molecule has 0 aliphatic rings. The average molecular weight is 271 g/mol. The van der Waals surface area contributed by atoms with Crippen LogP contribution in [0, 0.1) is 0 Å². The topological polar surface area (TPSA) is 66.4 Å². The highest BCUT2D eigenvalue weighted by Crippen LogP contribution is 2.16. The molecule has 0 saturated heterocycles. The maximum Gasteiger partial charge on any atom is 0.175 e. The van der Waals surface area contributed by atoms with E-state index in [0.717, 1.165) is 0 Å². The monoisotopic (exact) mass is 271 g/mol. The van der Waals surface area contributed by atoms with E-state index < -0.39 is 15.9 Å². The van der Waals surface area contributed by atoms with Crippen molar-refractivity contribution >= 4 is 9.84 Å². The second-order valence-electron chi connectivity index (χ2n) is 5.49. The molecule has 0 aliphatic carbocycles. The Balaban J connectivity index is 2.74. The van der Waals surface area contributed by atoms with Crippen LogP contribution in [0.5, 0.6) is 0 Å². The highest BCUT2D eigenvalue weighted by Gasteiger charge is 2.14. The molecule has 18 heavy (non-hydrogen) atoms. The lowest BCUT2D eigenvalue weighted by atomic mass is 10.1. The summed E-state index contributed by atoms with van der Waals surface area (Å²) >= 11 is 0. The minimum Gasteiger partial charge on any atom is -0.387 e. The molecular weight excluding hydrogens is 250 g/mol. The Morgan fingerprint density at radius 1 is 1.22 bits per heavy atom. The number of nitrogens with one attached hydrogen (secondary N) is 1. The van der Waals surface area contributed by atoms with Crippen molar-refractivity contribution in [3.8, 4) is 0 Å². The molecule has 1 unspecified atom stereocenters. The zero-order chi connectivity index (χ0) is 14.0. The second-order valence-corrected chi connectivity index (χ2v) is 7.50. The number of aliphatic hydroxyl groups is 1. The Hall–Kier alpha value is -0.910. The summed E-state index contributed by atoms with van der Waals surface area (Å²) < 4.78 is 22.6. The summed E-state index contributed by atoms with van der Waals surface area (Å²) in [5.74, 6) is 0. The number of hydrogen-bond donors (Lipinski definition) is 2. The standard InChI is InChI=1S/C13H21NO3S/c1-13(2,3)14-9-12(15)10-5-7-11(8-6-10)18(4,16)17/h5-8,12,14-15H,9H2,1-4H3. The molecule has 0 bridgehead atoms. The lowest BCUT2D eigenvalue weighted by molar-refractivity contribution is 0.163. The fourth-order valence-corrected chi connectivity index (χ4v) is 2.09. The maximum atomic E-state index is 11.3. The zero-order valence-corrected chi connectivity index (χ0v) is 12.1. The van der Waals surface area contributed by atoms with E-state index in [0.29, 0.717) is 12.1 Å². The fraction of sp³-hybridized carbons (Fsp3) is 0.538. The molecule has 0 radical (unpaired) electrons. The van der Waals surface area contributed by atoms with E-state index in [9.17, 15) is 13.5 Å². The third kappa shape index (κ3) is 4.76. The van der Waals surface area contributed by atoms with E-state index in [4.69, 9.17) is 0 Å².